The van der Waals surface area contributed by atoms with Crippen LogP contribution in [0.2, 0.25) is 0 Å². The Hall–Kier alpha value is -1.95. The summed E-state index contributed by atoms with van der Waals surface area (Å²) in [5, 5.41) is 3.53. The summed E-state index contributed by atoms with van der Waals surface area (Å²) in [5.74, 6) is -0.528. The zero-order valence-electron chi connectivity index (χ0n) is 11.8. The molecule has 0 radical (unpaired) electrons. The Balaban J connectivity index is 2.10. The number of benzene rings is 1. The zero-order valence-corrected chi connectivity index (χ0v) is 12.7. The number of amides is 1. The van der Waals surface area contributed by atoms with Gasteiger partial charge in [0.05, 0.1) is 11.6 Å². The average molecular weight is 305 g/mol. The molecule has 0 aliphatic rings. The molecule has 0 spiro atoms. The van der Waals surface area contributed by atoms with E-state index in [1.165, 1.54) is 36.3 Å². The second-order valence-electron chi connectivity index (χ2n) is 4.44. The van der Waals surface area contributed by atoms with Crippen molar-refractivity contribution in [2.75, 3.05) is 6.26 Å². The van der Waals surface area contributed by atoms with Gasteiger partial charge in [0, 0.05) is 12.4 Å². The predicted molar refractivity (Wildman–Crippen MR) is 80.7 cm³/mol. The van der Waals surface area contributed by atoms with Crippen molar-refractivity contribution in [3.05, 3.63) is 53.6 Å². The third-order valence-corrected chi connectivity index (χ3v) is 3.63. The summed E-state index contributed by atoms with van der Waals surface area (Å²) in [4.78, 5) is 20.3. The van der Waals surface area contributed by atoms with Crippen LogP contribution in [-0.4, -0.2) is 22.1 Å². The maximum Gasteiger partial charge on any atom is 0.254 e. The van der Waals surface area contributed by atoms with E-state index in [1.54, 1.807) is 12.1 Å². The van der Waals surface area contributed by atoms with E-state index in [1.807, 2.05) is 13.2 Å². The summed E-state index contributed by atoms with van der Waals surface area (Å²) < 4.78 is 12.9. The molecule has 1 N–H and O–H groups in total. The van der Waals surface area contributed by atoms with Crippen LogP contribution in [0.5, 0.6) is 0 Å². The molecule has 1 heterocycles. The van der Waals surface area contributed by atoms with Crippen LogP contribution in [0.3, 0.4) is 0 Å². The molecule has 0 unspecified atom stereocenters. The number of thioether (sulfide) groups is 1. The van der Waals surface area contributed by atoms with Crippen molar-refractivity contribution in [1.82, 2.24) is 15.3 Å². The Morgan fingerprint density at radius 1 is 1.29 bits per heavy atom. The quantitative estimate of drug-likeness (QED) is 0.681. The molecule has 1 amide bonds. The maximum absolute atomic E-state index is 12.9. The fraction of sp³-hybridized carbons (Fsp3) is 0.267. The lowest BCUT2D eigenvalue weighted by molar-refractivity contribution is 0.0934. The minimum atomic E-state index is -0.291. The summed E-state index contributed by atoms with van der Waals surface area (Å²) >= 11 is 1.42. The lowest BCUT2D eigenvalue weighted by atomic mass is 10.0. The van der Waals surface area contributed by atoms with Crippen molar-refractivity contribution in [3.63, 3.8) is 0 Å². The van der Waals surface area contributed by atoms with E-state index in [-0.39, 0.29) is 17.8 Å². The highest BCUT2D eigenvalue weighted by molar-refractivity contribution is 7.98. The second-order valence-corrected chi connectivity index (χ2v) is 5.22. The van der Waals surface area contributed by atoms with Gasteiger partial charge in [-0.15, -0.1) is 0 Å². The van der Waals surface area contributed by atoms with Gasteiger partial charge in [-0.05, 0) is 30.4 Å². The van der Waals surface area contributed by atoms with Gasteiger partial charge in [0.2, 0.25) is 0 Å². The van der Waals surface area contributed by atoms with Crippen molar-refractivity contribution in [2.24, 2.45) is 0 Å². The Morgan fingerprint density at radius 2 is 1.90 bits per heavy atom. The number of carbonyl (C=O) groups excluding carboxylic acids is 1. The fourth-order valence-electron chi connectivity index (χ4n) is 1.90. The van der Waals surface area contributed by atoms with Crippen molar-refractivity contribution in [1.29, 1.82) is 0 Å². The molecule has 6 heteroatoms. The molecular weight excluding hydrogens is 289 g/mol. The van der Waals surface area contributed by atoms with Crippen molar-refractivity contribution < 1.29 is 9.18 Å². The van der Waals surface area contributed by atoms with E-state index in [0.717, 1.165) is 5.56 Å². The van der Waals surface area contributed by atoms with Gasteiger partial charge in [-0.1, -0.05) is 30.8 Å². The number of rotatable bonds is 5. The Bertz CT molecular complexity index is 601. The van der Waals surface area contributed by atoms with Crippen LogP contribution in [0.15, 0.2) is 41.8 Å². The zero-order chi connectivity index (χ0) is 15.2. The number of nitrogens with zero attached hydrogens (tertiary/aromatic N) is 2. The average Bonchev–Trinajstić information content (AvgIpc) is 2.53. The molecule has 4 nitrogen and oxygen atoms in total. The molecular formula is C15H16FN3OS. The predicted octanol–water partition coefficient (Wildman–Crippen LogP) is 3.22. The molecule has 1 atom stereocenters. The van der Waals surface area contributed by atoms with Crippen LogP contribution in [0.1, 0.15) is 35.3 Å². The first-order chi connectivity index (χ1) is 10.1. The van der Waals surface area contributed by atoms with Gasteiger partial charge in [-0.2, -0.15) is 0 Å². The highest BCUT2D eigenvalue weighted by atomic mass is 32.2. The van der Waals surface area contributed by atoms with Crippen molar-refractivity contribution in [2.45, 2.75) is 24.5 Å². The van der Waals surface area contributed by atoms with Gasteiger partial charge in [0.1, 0.15) is 5.82 Å². The molecule has 1 aromatic carbocycles. The topological polar surface area (TPSA) is 54.9 Å². The monoisotopic (exact) mass is 305 g/mol. The van der Waals surface area contributed by atoms with E-state index < -0.39 is 0 Å². The molecule has 2 rings (SSSR count). The van der Waals surface area contributed by atoms with Gasteiger partial charge in [-0.25, -0.2) is 14.4 Å². The Kier molecular flexibility index (Phi) is 5.27. The lowest BCUT2D eigenvalue weighted by Gasteiger charge is -2.17. The lowest BCUT2D eigenvalue weighted by Crippen LogP contribution is -2.28. The summed E-state index contributed by atoms with van der Waals surface area (Å²) in [6.45, 7) is 1.96. The summed E-state index contributed by atoms with van der Waals surface area (Å²) in [7, 11) is 0. The number of carbonyl (C=O) groups is 1. The van der Waals surface area contributed by atoms with E-state index in [4.69, 9.17) is 0 Å². The molecule has 1 aromatic heterocycles. The highest BCUT2D eigenvalue weighted by Crippen LogP contribution is 2.17. The molecule has 0 saturated heterocycles. The fourth-order valence-corrected chi connectivity index (χ4v) is 2.21. The number of halogens is 1. The van der Waals surface area contributed by atoms with Gasteiger partial charge < -0.3 is 5.32 Å². The normalized spacial score (nSPS) is 12.0. The number of hydrogen-bond acceptors (Lipinski definition) is 4. The number of nitrogens with one attached hydrogen (secondary N) is 1. The molecule has 0 saturated carbocycles. The summed E-state index contributed by atoms with van der Waals surface area (Å²) in [6, 6.07) is 5.97. The summed E-state index contributed by atoms with van der Waals surface area (Å²) in [5.41, 5.74) is 1.28. The third-order valence-electron chi connectivity index (χ3n) is 3.06. The highest BCUT2D eigenvalue weighted by Gasteiger charge is 2.14. The van der Waals surface area contributed by atoms with Crippen LogP contribution < -0.4 is 5.32 Å². The molecule has 2 aromatic rings. The third kappa shape index (κ3) is 4.01. The molecule has 0 bridgehead atoms. The van der Waals surface area contributed by atoms with Crippen LogP contribution in [0, 0.1) is 5.82 Å². The Morgan fingerprint density at radius 3 is 2.43 bits per heavy atom. The van der Waals surface area contributed by atoms with Gasteiger partial charge >= 0.3 is 0 Å². The number of hydrogen-bond donors (Lipinski definition) is 1. The molecule has 110 valence electrons. The number of aromatic nitrogens is 2. The van der Waals surface area contributed by atoms with Crippen LogP contribution >= 0.6 is 11.8 Å². The molecule has 21 heavy (non-hydrogen) atoms. The largest absolute Gasteiger partial charge is 0.345 e. The van der Waals surface area contributed by atoms with Crippen LogP contribution in [0.25, 0.3) is 0 Å². The minimum Gasteiger partial charge on any atom is -0.345 e. The first-order valence-electron chi connectivity index (χ1n) is 6.56. The van der Waals surface area contributed by atoms with Crippen LogP contribution in [0.4, 0.5) is 4.39 Å². The van der Waals surface area contributed by atoms with Gasteiger partial charge in [0.15, 0.2) is 5.16 Å². The van der Waals surface area contributed by atoms with Crippen molar-refractivity contribution >= 4 is 17.7 Å². The standard InChI is InChI=1S/C15H16FN3OS/c1-3-13(10-4-6-12(16)7-5-10)19-14(20)11-8-17-15(21-2)18-9-11/h4-9,13H,3H2,1-2H3,(H,19,20)/t13-/m0/s1. The van der Waals surface area contributed by atoms with Crippen LogP contribution in [-0.2, 0) is 0 Å². The van der Waals surface area contributed by atoms with E-state index >= 15 is 0 Å². The second kappa shape index (κ2) is 7.17. The van der Waals surface area contributed by atoms with Crippen molar-refractivity contribution in [3.8, 4) is 0 Å². The van der Waals surface area contributed by atoms with Gasteiger partial charge in [0.25, 0.3) is 5.91 Å². The van der Waals surface area contributed by atoms with E-state index in [0.29, 0.717) is 17.1 Å². The first kappa shape index (κ1) is 15.4. The maximum atomic E-state index is 12.9. The SMILES string of the molecule is CC[C@H](NC(=O)c1cnc(SC)nc1)c1ccc(F)cc1. The smallest absolute Gasteiger partial charge is 0.254 e. The van der Waals surface area contributed by atoms with E-state index in [9.17, 15) is 9.18 Å². The first-order valence-corrected chi connectivity index (χ1v) is 7.79. The molecule has 0 aliphatic carbocycles. The Labute approximate surface area is 127 Å². The van der Waals surface area contributed by atoms with Gasteiger partial charge in [-0.3, -0.25) is 4.79 Å². The molecule has 0 fully saturated rings. The molecule has 0 aliphatic heterocycles. The van der Waals surface area contributed by atoms with E-state index in [2.05, 4.69) is 15.3 Å². The summed E-state index contributed by atoms with van der Waals surface area (Å²) in [6.07, 6.45) is 5.59. The minimum absolute atomic E-state index is 0.168.